The average molecular weight is 611 g/mol. The first-order valence-corrected chi connectivity index (χ1v) is 15.3. The van der Waals surface area contributed by atoms with E-state index in [1.54, 1.807) is 12.1 Å². The first-order chi connectivity index (χ1) is 21.7. The van der Waals surface area contributed by atoms with Crippen molar-refractivity contribution in [1.29, 1.82) is 0 Å². The molecule has 4 aliphatic rings. The fourth-order valence-corrected chi connectivity index (χ4v) is 6.69. The molecule has 1 N–H and O–H groups in total. The topological polar surface area (TPSA) is 145 Å². The van der Waals surface area contributed by atoms with Crippen LogP contribution in [0.4, 0.5) is 0 Å². The highest BCUT2D eigenvalue weighted by atomic mass is 16.3. The zero-order valence-electron chi connectivity index (χ0n) is 24.8. The number of ketones is 1. The van der Waals surface area contributed by atoms with Crippen molar-refractivity contribution in [3.8, 4) is 0 Å². The van der Waals surface area contributed by atoms with Crippen molar-refractivity contribution in [2.75, 3.05) is 26.2 Å². The number of allylic oxidation sites excluding steroid dienone is 2. The highest BCUT2D eigenvalue weighted by molar-refractivity contribution is 6.24. The summed E-state index contributed by atoms with van der Waals surface area (Å²) in [6.45, 7) is 2.08. The van der Waals surface area contributed by atoms with Crippen molar-refractivity contribution in [3.05, 3.63) is 82.6 Å². The number of rotatable bonds is 7. The van der Waals surface area contributed by atoms with Gasteiger partial charge in [-0.3, -0.25) is 38.7 Å². The number of benzene rings is 2. The molecule has 0 spiro atoms. The molecule has 2 unspecified atom stereocenters. The standard InChI is InChI=1S/C34H34N4O7/c39-28-18-23(21-6-2-1-3-7-21)19-29(40)26(28)20-35-14-17-36-15-12-22(13-16-36)31(42)38-30(41)11-10-27(34(38)45)37-32(43)24-8-4-5-9-25(24)33(37)44/h1-9,20,22-23,27,39H,10-19H2. The molecule has 2 saturated heterocycles. The Balaban J connectivity index is 1.01. The van der Waals surface area contributed by atoms with Gasteiger partial charge < -0.3 is 10.0 Å². The van der Waals surface area contributed by atoms with E-state index in [9.17, 15) is 33.9 Å². The summed E-state index contributed by atoms with van der Waals surface area (Å²) in [5.74, 6) is -3.90. The van der Waals surface area contributed by atoms with Crippen LogP contribution in [0.15, 0.2) is 70.9 Å². The summed E-state index contributed by atoms with van der Waals surface area (Å²) >= 11 is 0. The number of piperidine rings is 2. The maximum absolute atomic E-state index is 13.4. The summed E-state index contributed by atoms with van der Waals surface area (Å²) in [5, 5.41) is 10.5. The largest absolute Gasteiger partial charge is 0.511 e. The first kappa shape index (κ1) is 30.3. The molecule has 0 aromatic heterocycles. The minimum atomic E-state index is -1.20. The number of hydrogen-bond donors (Lipinski definition) is 1. The SMILES string of the molecule is O=C1CC(c2ccccc2)CC(O)=C1C=NCCN1CCC(C(=O)N2C(=O)CCC(N3C(=O)c4ccccc4C3=O)C2=O)CC1. The molecule has 3 aliphatic heterocycles. The number of nitrogens with zero attached hydrogens (tertiary/aromatic N) is 4. The van der Waals surface area contributed by atoms with Gasteiger partial charge in [0.05, 0.1) is 23.2 Å². The smallest absolute Gasteiger partial charge is 0.262 e. The van der Waals surface area contributed by atoms with E-state index in [-0.39, 0.29) is 47.0 Å². The Hall–Kier alpha value is -4.77. The Labute approximate surface area is 260 Å². The van der Waals surface area contributed by atoms with Crippen LogP contribution in [0.1, 0.15) is 70.7 Å². The zero-order valence-corrected chi connectivity index (χ0v) is 24.8. The van der Waals surface area contributed by atoms with Gasteiger partial charge in [-0.1, -0.05) is 42.5 Å². The molecule has 232 valence electrons. The van der Waals surface area contributed by atoms with Crippen LogP contribution >= 0.6 is 0 Å². The third kappa shape index (κ3) is 5.87. The quantitative estimate of drug-likeness (QED) is 0.372. The molecular formula is C34H34N4O7. The molecule has 1 aliphatic carbocycles. The summed E-state index contributed by atoms with van der Waals surface area (Å²) < 4.78 is 0. The van der Waals surface area contributed by atoms with E-state index in [1.165, 1.54) is 18.3 Å². The second-order valence-corrected chi connectivity index (χ2v) is 11.9. The van der Waals surface area contributed by atoms with E-state index in [4.69, 9.17) is 0 Å². The van der Waals surface area contributed by atoms with Crippen LogP contribution in [0.25, 0.3) is 0 Å². The van der Waals surface area contributed by atoms with Gasteiger partial charge in [0.2, 0.25) is 11.8 Å². The van der Waals surface area contributed by atoms with Crippen molar-refractivity contribution in [3.63, 3.8) is 0 Å². The normalized spacial score (nSPS) is 23.4. The fourth-order valence-electron chi connectivity index (χ4n) is 6.69. The van der Waals surface area contributed by atoms with E-state index < -0.39 is 41.5 Å². The third-order valence-electron chi connectivity index (χ3n) is 9.20. The van der Waals surface area contributed by atoms with E-state index in [0.717, 1.165) is 10.5 Å². The number of likely N-dealkylation sites (tertiary alicyclic amines) is 2. The number of carbonyl (C=O) groups is 6. The fraction of sp³-hybridized carbons (Fsp3) is 0.382. The van der Waals surface area contributed by atoms with Gasteiger partial charge in [-0.05, 0) is 56.0 Å². The molecule has 2 atom stereocenters. The lowest BCUT2D eigenvalue weighted by atomic mass is 9.83. The van der Waals surface area contributed by atoms with Crippen molar-refractivity contribution in [1.82, 2.24) is 14.7 Å². The van der Waals surface area contributed by atoms with Crippen LogP contribution in [-0.4, -0.2) is 93.6 Å². The van der Waals surface area contributed by atoms with Crippen LogP contribution in [0.5, 0.6) is 0 Å². The number of aliphatic hydroxyl groups excluding tert-OH is 1. The summed E-state index contributed by atoms with van der Waals surface area (Å²) in [6, 6.07) is 14.8. The summed E-state index contributed by atoms with van der Waals surface area (Å²) in [7, 11) is 0. The van der Waals surface area contributed by atoms with Gasteiger partial charge in [0.1, 0.15) is 11.8 Å². The molecule has 2 aromatic carbocycles. The second kappa shape index (κ2) is 12.7. The number of aliphatic hydroxyl groups is 1. The molecule has 11 nitrogen and oxygen atoms in total. The highest BCUT2D eigenvalue weighted by Gasteiger charge is 2.49. The second-order valence-electron chi connectivity index (χ2n) is 11.9. The lowest BCUT2D eigenvalue weighted by molar-refractivity contribution is -0.161. The average Bonchev–Trinajstić information content (AvgIpc) is 3.30. The molecule has 2 aromatic rings. The molecule has 5 amide bonds. The first-order valence-electron chi connectivity index (χ1n) is 15.3. The van der Waals surface area contributed by atoms with Crippen molar-refractivity contribution >= 4 is 41.5 Å². The van der Waals surface area contributed by atoms with Gasteiger partial charge in [0.25, 0.3) is 17.7 Å². The number of carbonyl (C=O) groups excluding carboxylic acids is 6. The number of amides is 5. The number of Topliss-reactive ketones (excluding diaryl/α,β-unsaturated/α-hetero) is 1. The minimum absolute atomic E-state index is 0.0141. The Morgan fingerprint density at radius 1 is 0.867 bits per heavy atom. The van der Waals surface area contributed by atoms with Crippen LogP contribution in [0.2, 0.25) is 0 Å². The van der Waals surface area contributed by atoms with Crippen LogP contribution in [0.3, 0.4) is 0 Å². The Kier molecular flexibility index (Phi) is 8.53. The van der Waals surface area contributed by atoms with E-state index >= 15 is 0 Å². The van der Waals surface area contributed by atoms with Gasteiger partial charge in [0, 0.05) is 37.9 Å². The molecule has 0 bridgehead atoms. The molecule has 6 rings (SSSR count). The van der Waals surface area contributed by atoms with Gasteiger partial charge in [-0.25, -0.2) is 4.90 Å². The lowest BCUT2D eigenvalue weighted by Gasteiger charge is -2.37. The molecule has 0 radical (unpaired) electrons. The summed E-state index contributed by atoms with van der Waals surface area (Å²) in [6.07, 6.45) is 2.89. The zero-order chi connectivity index (χ0) is 31.7. The number of imide groups is 4. The maximum Gasteiger partial charge on any atom is 0.262 e. The highest BCUT2D eigenvalue weighted by Crippen LogP contribution is 2.33. The molecule has 0 saturated carbocycles. The van der Waals surface area contributed by atoms with Gasteiger partial charge >= 0.3 is 0 Å². The van der Waals surface area contributed by atoms with Crippen LogP contribution < -0.4 is 0 Å². The van der Waals surface area contributed by atoms with Crippen molar-refractivity contribution in [2.45, 2.75) is 50.5 Å². The number of aliphatic imine (C=N–C) groups is 1. The summed E-state index contributed by atoms with van der Waals surface area (Å²) in [5.41, 5.74) is 1.68. The van der Waals surface area contributed by atoms with Crippen LogP contribution in [-0.2, 0) is 19.2 Å². The number of fused-ring (bicyclic) bond motifs is 1. The molecule has 11 heteroatoms. The molecule has 3 heterocycles. The van der Waals surface area contributed by atoms with E-state index in [0.29, 0.717) is 56.8 Å². The Morgan fingerprint density at radius 3 is 2.16 bits per heavy atom. The van der Waals surface area contributed by atoms with Gasteiger partial charge in [0.15, 0.2) is 5.78 Å². The molecular weight excluding hydrogens is 576 g/mol. The Bertz CT molecular complexity index is 1590. The van der Waals surface area contributed by atoms with Crippen molar-refractivity contribution < 1.29 is 33.9 Å². The monoisotopic (exact) mass is 610 g/mol. The summed E-state index contributed by atoms with van der Waals surface area (Å²) in [4.78, 5) is 86.3. The van der Waals surface area contributed by atoms with E-state index in [1.807, 2.05) is 30.3 Å². The van der Waals surface area contributed by atoms with E-state index in [2.05, 4.69) is 9.89 Å². The predicted octanol–water partition coefficient (Wildman–Crippen LogP) is 3.07. The molecule has 2 fully saturated rings. The van der Waals surface area contributed by atoms with Crippen LogP contribution in [0, 0.1) is 5.92 Å². The molecule has 45 heavy (non-hydrogen) atoms. The lowest BCUT2D eigenvalue weighted by Crippen LogP contribution is -2.59. The van der Waals surface area contributed by atoms with Crippen molar-refractivity contribution in [2.24, 2.45) is 10.9 Å². The minimum Gasteiger partial charge on any atom is -0.511 e. The van der Waals surface area contributed by atoms with Gasteiger partial charge in [-0.15, -0.1) is 0 Å². The van der Waals surface area contributed by atoms with Gasteiger partial charge in [-0.2, -0.15) is 0 Å². The maximum atomic E-state index is 13.4. The number of hydrogen-bond acceptors (Lipinski definition) is 9. The predicted molar refractivity (Wildman–Crippen MR) is 162 cm³/mol. The third-order valence-corrected chi connectivity index (χ3v) is 9.20. The Morgan fingerprint density at radius 2 is 1.51 bits per heavy atom.